The zero-order chi connectivity index (χ0) is 13.7. The molecule has 0 fully saturated rings. The van der Waals surface area contributed by atoms with Crippen LogP contribution in [0.15, 0.2) is 35.1 Å². The summed E-state index contributed by atoms with van der Waals surface area (Å²) in [5, 5.41) is 4.13. The minimum atomic E-state index is 0.463. The highest BCUT2D eigenvalue weighted by Gasteiger charge is 2.05. The van der Waals surface area contributed by atoms with Gasteiger partial charge >= 0.3 is 0 Å². The topological polar surface area (TPSA) is 53.4 Å². The molecule has 0 radical (unpaired) electrons. The summed E-state index contributed by atoms with van der Waals surface area (Å²) in [6, 6.07) is 5.06. The third-order valence-electron chi connectivity index (χ3n) is 2.50. The van der Waals surface area contributed by atoms with E-state index in [4.69, 9.17) is 9.47 Å². The Morgan fingerprint density at radius 3 is 2.89 bits per heavy atom. The predicted molar refractivity (Wildman–Crippen MR) is 73.8 cm³/mol. The van der Waals surface area contributed by atoms with Gasteiger partial charge in [-0.2, -0.15) is 5.10 Å². The summed E-state index contributed by atoms with van der Waals surface area (Å²) in [4.78, 5) is 10.7. The van der Waals surface area contributed by atoms with Gasteiger partial charge in [-0.3, -0.25) is 9.48 Å². The maximum absolute atomic E-state index is 10.7. The van der Waals surface area contributed by atoms with E-state index in [1.807, 2.05) is 6.20 Å². The fourth-order valence-corrected chi connectivity index (χ4v) is 1.91. The number of rotatable bonds is 6. The highest BCUT2D eigenvalue weighted by molar-refractivity contribution is 9.10. The molecule has 0 amide bonds. The van der Waals surface area contributed by atoms with E-state index < -0.39 is 0 Å². The van der Waals surface area contributed by atoms with Gasteiger partial charge in [0.15, 0.2) is 11.5 Å². The van der Waals surface area contributed by atoms with Crippen molar-refractivity contribution in [3.05, 3.63) is 40.6 Å². The lowest BCUT2D eigenvalue weighted by atomic mass is 10.2. The van der Waals surface area contributed by atoms with Gasteiger partial charge in [-0.1, -0.05) is 0 Å². The van der Waals surface area contributed by atoms with E-state index in [1.165, 1.54) is 0 Å². The number of aldehydes is 1. The quantitative estimate of drug-likeness (QED) is 0.766. The number of halogens is 1. The Hall–Kier alpha value is -1.82. The maximum atomic E-state index is 10.7. The van der Waals surface area contributed by atoms with Crippen LogP contribution in [-0.4, -0.2) is 29.8 Å². The second-order valence-electron chi connectivity index (χ2n) is 3.80. The molecule has 0 aliphatic carbocycles. The van der Waals surface area contributed by atoms with E-state index in [9.17, 15) is 4.79 Å². The van der Waals surface area contributed by atoms with Gasteiger partial charge in [0.25, 0.3) is 0 Å². The summed E-state index contributed by atoms with van der Waals surface area (Å²) < 4.78 is 13.5. The Balaban J connectivity index is 1.97. The Morgan fingerprint density at radius 1 is 1.42 bits per heavy atom. The monoisotopic (exact) mass is 324 g/mol. The predicted octanol–water partition coefficient (Wildman–Crippen LogP) is 2.55. The number of carbonyl (C=O) groups excluding carboxylic acids is 1. The number of nitrogens with zero attached hydrogens (tertiary/aromatic N) is 2. The Morgan fingerprint density at radius 2 is 2.26 bits per heavy atom. The van der Waals surface area contributed by atoms with Crippen LogP contribution in [-0.2, 0) is 6.54 Å². The summed E-state index contributed by atoms with van der Waals surface area (Å²) in [7, 11) is 1.54. The van der Waals surface area contributed by atoms with Crippen molar-refractivity contribution < 1.29 is 14.3 Å². The van der Waals surface area contributed by atoms with E-state index in [-0.39, 0.29) is 0 Å². The number of carbonyl (C=O) groups is 1. The van der Waals surface area contributed by atoms with E-state index in [0.29, 0.717) is 30.2 Å². The first-order chi connectivity index (χ1) is 9.22. The van der Waals surface area contributed by atoms with Crippen molar-refractivity contribution >= 4 is 22.2 Å². The number of methoxy groups -OCH3 is 1. The fourth-order valence-electron chi connectivity index (χ4n) is 1.59. The zero-order valence-corrected chi connectivity index (χ0v) is 12.0. The van der Waals surface area contributed by atoms with Crippen molar-refractivity contribution in [1.82, 2.24) is 9.78 Å². The molecule has 2 aromatic rings. The molecule has 100 valence electrons. The lowest BCUT2D eigenvalue weighted by Gasteiger charge is -2.10. The number of ether oxygens (including phenoxy) is 2. The molecule has 0 saturated heterocycles. The van der Waals surface area contributed by atoms with Crippen molar-refractivity contribution in [2.24, 2.45) is 0 Å². The van der Waals surface area contributed by atoms with Crippen LogP contribution < -0.4 is 9.47 Å². The SMILES string of the molecule is COc1cc(C=O)ccc1OCCn1cc(Br)cn1. The van der Waals surface area contributed by atoms with Crippen LogP contribution in [0.4, 0.5) is 0 Å². The molecular formula is C13H13BrN2O3. The summed E-state index contributed by atoms with van der Waals surface area (Å²) in [5.41, 5.74) is 0.556. The van der Waals surface area contributed by atoms with E-state index >= 15 is 0 Å². The molecule has 1 aromatic heterocycles. The molecule has 0 atom stereocenters. The van der Waals surface area contributed by atoms with Crippen LogP contribution in [0.2, 0.25) is 0 Å². The Labute approximate surface area is 119 Å². The molecule has 5 nitrogen and oxygen atoms in total. The fraction of sp³-hybridized carbons (Fsp3) is 0.231. The summed E-state index contributed by atoms with van der Waals surface area (Å²) in [6.07, 6.45) is 4.36. The Bertz CT molecular complexity index is 569. The minimum absolute atomic E-state index is 0.463. The van der Waals surface area contributed by atoms with Crippen LogP contribution in [0, 0.1) is 0 Å². The molecular weight excluding hydrogens is 312 g/mol. The minimum Gasteiger partial charge on any atom is -0.493 e. The molecule has 19 heavy (non-hydrogen) atoms. The third-order valence-corrected chi connectivity index (χ3v) is 2.91. The molecule has 1 heterocycles. The van der Waals surface area contributed by atoms with Crippen LogP contribution in [0.1, 0.15) is 10.4 Å². The van der Waals surface area contributed by atoms with Gasteiger partial charge in [0.05, 0.1) is 24.3 Å². The Kier molecular flexibility index (Phi) is 4.57. The average molecular weight is 325 g/mol. The summed E-state index contributed by atoms with van der Waals surface area (Å²) >= 11 is 3.33. The number of benzene rings is 1. The molecule has 0 N–H and O–H groups in total. The van der Waals surface area contributed by atoms with Crippen LogP contribution in [0.25, 0.3) is 0 Å². The van der Waals surface area contributed by atoms with Crippen molar-refractivity contribution in [3.63, 3.8) is 0 Å². The normalized spacial score (nSPS) is 10.2. The van der Waals surface area contributed by atoms with Gasteiger partial charge in [0.1, 0.15) is 12.9 Å². The highest BCUT2D eigenvalue weighted by Crippen LogP contribution is 2.27. The highest BCUT2D eigenvalue weighted by atomic mass is 79.9. The molecule has 0 unspecified atom stereocenters. The summed E-state index contributed by atoms with van der Waals surface area (Å²) in [6.45, 7) is 1.09. The molecule has 0 bridgehead atoms. The zero-order valence-electron chi connectivity index (χ0n) is 10.4. The molecule has 0 aliphatic heterocycles. The van der Waals surface area contributed by atoms with Gasteiger partial charge in [-0.25, -0.2) is 0 Å². The first kappa shape index (κ1) is 13.6. The standard InChI is InChI=1S/C13H13BrN2O3/c1-18-13-6-10(9-17)2-3-12(13)19-5-4-16-8-11(14)7-15-16/h2-3,6-9H,4-5H2,1H3. The lowest BCUT2D eigenvalue weighted by molar-refractivity contribution is 0.112. The summed E-state index contributed by atoms with van der Waals surface area (Å²) in [5.74, 6) is 1.16. The van der Waals surface area contributed by atoms with Crippen LogP contribution in [0.5, 0.6) is 11.5 Å². The molecule has 1 aromatic carbocycles. The van der Waals surface area contributed by atoms with E-state index in [1.54, 1.807) is 36.2 Å². The van der Waals surface area contributed by atoms with Crippen molar-refractivity contribution in [2.45, 2.75) is 6.54 Å². The van der Waals surface area contributed by atoms with Gasteiger partial charge < -0.3 is 9.47 Å². The molecule has 0 saturated carbocycles. The average Bonchev–Trinajstić information content (AvgIpc) is 2.84. The smallest absolute Gasteiger partial charge is 0.161 e. The second kappa shape index (κ2) is 6.38. The second-order valence-corrected chi connectivity index (χ2v) is 4.71. The van der Waals surface area contributed by atoms with Crippen molar-refractivity contribution in [2.75, 3.05) is 13.7 Å². The number of aromatic nitrogens is 2. The van der Waals surface area contributed by atoms with Crippen LogP contribution in [0.3, 0.4) is 0 Å². The third kappa shape index (κ3) is 3.57. The van der Waals surface area contributed by atoms with E-state index in [2.05, 4.69) is 21.0 Å². The van der Waals surface area contributed by atoms with E-state index in [0.717, 1.165) is 10.8 Å². The number of hydrogen-bond donors (Lipinski definition) is 0. The lowest BCUT2D eigenvalue weighted by Crippen LogP contribution is -2.09. The molecule has 6 heteroatoms. The van der Waals surface area contributed by atoms with Gasteiger partial charge in [-0.05, 0) is 34.1 Å². The molecule has 0 spiro atoms. The number of hydrogen-bond acceptors (Lipinski definition) is 4. The first-order valence-electron chi connectivity index (χ1n) is 5.67. The van der Waals surface area contributed by atoms with Crippen molar-refractivity contribution in [1.29, 1.82) is 0 Å². The van der Waals surface area contributed by atoms with Gasteiger partial charge in [0.2, 0.25) is 0 Å². The van der Waals surface area contributed by atoms with Crippen LogP contribution >= 0.6 is 15.9 Å². The largest absolute Gasteiger partial charge is 0.493 e. The van der Waals surface area contributed by atoms with Crippen molar-refractivity contribution in [3.8, 4) is 11.5 Å². The van der Waals surface area contributed by atoms with Gasteiger partial charge in [-0.15, -0.1) is 0 Å². The maximum Gasteiger partial charge on any atom is 0.161 e. The molecule has 0 aliphatic rings. The first-order valence-corrected chi connectivity index (χ1v) is 6.46. The van der Waals surface area contributed by atoms with Gasteiger partial charge in [0, 0.05) is 11.8 Å². The molecule has 2 rings (SSSR count).